The Hall–Kier alpha value is -2.29. The molecule has 0 aliphatic heterocycles. The van der Waals surface area contributed by atoms with Crippen molar-refractivity contribution >= 4 is 28.5 Å². The van der Waals surface area contributed by atoms with Gasteiger partial charge in [0.25, 0.3) is 5.91 Å². The summed E-state index contributed by atoms with van der Waals surface area (Å²) < 4.78 is 13.8. The molecule has 25 heavy (non-hydrogen) atoms. The number of nitrogens with zero attached hydrogens (tertiary/aromatic N) is 3. The number of aryl methyl sites for hydroxylation is 1. The molecule has 0 radical (unpaired) electrons. The van der Waals surface area contributed by atoms with Crippen LogP contribution in [0.2, 0.25) is 0 Å². The third-order valence-electron chi connectivity index (χ3n) is 3.73. The van der Waals surface area contributed by atoms with E-state index in [9.17, 15) is 9.18 Å². The fraction of sp³-hybridized carbons (Fsp3) is 0.167. The Labute approximate surface area is 158 Å². The van der Waals surface area contributed by atoms with Gasteiger partial charge in [-0.2, -0.15) is 0 Å². The zero-order valence-corrected chi connectivity index (χ0v) is 15.9. The Bertz CT molecular complexity index is 908. The molecule has 7 heteroatoms. The molecule has 2 heterocycles. The van der Waals surface area contributed by atoms with Crippen molar-refractivity contribution in [3.8, 4) is 11.3 Å². The third kappa shape index (κ3) is 4.04. The summed E-state index contributed by atoms with van der Waals surface area (Å²) in [5.74, 6) is -0.503. The summed E-state index contributed by atoms with van der Waals surface area (Å²) in [6, 6.07) is 9.77. The van der Waals surface area contributed by atoms with Gasteiger partial charge < -0.3 is 9.88 Å². The lowest BCUT2D eigenvalue weighted by molar-refractivity contribution is 0.0780. The fourth-order valence-corrected chi connectivity index (χ4v) is 3.07. The van der Waals surface area contributed by atoms with Gasteiger partial charge in [0.1, 0.15) is 17.2 Å². The fourth-order valence-electron chi connectivity index (χ4n) is 2.55. The first kappa shape index (κ1) is 17.5. The summed E-state index contributed by atoms with van der Waals surface area (Å²) in [7, 11) is 1.74. The highest BCUT2D eigenvalue weighted by Crippen LogP contribution is 2.24. The van der Waals surface area contributed by atoms with E-state index < -0.39 is 0 Å². The molecule has 1 amide bonds. The van der Waals surface area contributed by atoms with Gasteiger partial charge in [-0.1, -0.05) is 0 Å². The van der Waals surface area contributed by atoms with Gasteiger partial charge >= 0.3 is 0 Å². The number of hydrogen-bond acceptors (Lipinski definition) is 3. The van der Waals surface area contributed by atoms with Gasteiger partial charge in [-0.25, -0.2) is 9.37 Å². The third-order valence-corrected chi connectivity index (χ3v) is 4.24. The Kier molecular flexibility index (Phi) is 5.12. The SMILES string of the molecule is Cc1cc(CN(C)C(=O)c2[nH]c(I)nc2-c2ccc(F)cc2)ccn1. The van der Waals surface area contributed by atoms with E-state index in [-0.39, 0.29) is 11.7 Å². The summed E-state index contributed by atoms with van der Waals surface area (Å²) in [6.07, 6.45) is 1.73. The van der Waals surface area contributed by atoms with Crippen molar-refractivity contribution in [2.24, 2.45) is 0 Å². The molecule has 128 valence electrons. The second kappa shape index (κ2) is 7.30. The number of H-pyrrole nitrogens is 1. The molecular weight excluding hydrogens is 434 g/mol. The molecule has 1 N–H and O–H groups in total. The zero-order chi connectivity index (χ0) is 18.0. The van der Waals surface area contributed by atoms with Crippen LogP contribution in [-0.2, 0) is 6.54 Å². The number of halogens is 2. The van der Waals surface area contributed by atoms with Crippen molar-refractivity contribution in [1.29, 1.82) is 0 Å². The van der Waals surface area contributed by atoms with Gasteiger partial charge in [0.05, 0.1) is 0 Å². The Balaban J connectivity index is 1.88. The Morgan fingerprint density at radius 1 is 1.28 bits per heavy atom. The number of aromatic amines is 1. The average Bonchev–Trinajstić information content (AvgIpc) is 2.96. The first-order valence-corrected chi connectivity index (χ1v) is 8.70. The second-order valence-electron chi connectivity index (χ2n) is 5.72. The van der Waals surface area contributed by atoms with E-state index in [1.807, 2.05) is 41.6 Å². The van der Waals surface area contributed by atoms with Gasteiger partial charge in [0.15, 0.2) is 3.83 Å². The van der Waals surface area contributed by atoms with Crippen molar-refractivity contribution in [1.82, 2.24) is 19.9 Å². The lowest BCUT2D eigenvalue weighted by Crippen LogP contribution is -2.27. The van der Waals surface area contributed by atoms with Crippen molar-refractivity contribution in [2.75, 3.05) is 7.05 Å². The summed E-state index contributed by atoms with van der Waals surface area (Å²) in [4.78, 5) is 26.0. The van der Waals surface area contributed by atoms with Crippen LogP contribution in [0.25, 0.3) is 11.3 Å². The lowest BCUT2D eigenvalue weighted by Gasteiger charge is -2.17. The first-order valence-electron chi connectivity index (χ1n) is 7.62. The van der Waals surface area contributed by atoms with E-state index in [0.717, 1.165) is 11.3 Å². The molecular formula is C18H16FIN4O. The van der Waals surface area contributed by atoms with Crippen LogP contribution in [0.1, 0.15) is 21.7 Å². The predicted molar refractivity (Wildman–Crippen MR) is 101 cm³/mol. The molecule has 0 saturated heterocycles. The molecule has 0 fully saturated rings. The number of imidazole rings is 1. The van der Waals surface area contributed by atoms with Gasteiger partial charge in [-0.15, -0.1) is 0 Å². The first-order chi connectivity index (χ1) is 11.9. The van der Waals surface area contributed by atoms with E-state index >= 15 is 0 Å². The highest BCUT2D eigenvalue weighted by molar-refractivity contribution is 14.1. The predicted octanol–water partition coefficient (Wildman–Crippen LogP) is 3.80. The summed E-state index contributed by atoms with van der Waals surface area (Å²) in [5.41, 5.74) is 3.51. The maximum Gasteiger partial charge on any atom is 0.272 e. The monoisotopic (exact) mass is 450 g/mol. The van der Waals surface area contributed by atoms with Crippen LogP contribution in [0.5, 0.6) is 0 Å². The van der Waals surface area contributed by atoms with E-state index in [0.29, 0.717) is 27.3 Å². The van der Waals surface area contributed by atoms with Crippen LogP contribution in [0.15, 0.2) is 42.6 Å². The van der Waals surface area contributed by atoms with E-state index in [1.165, 1.54) is 12.1 Å². The Morgan fingerprint density at radius 3 is 2.68 bits per heavy atom. The minimum atomic E-state index is -0.327. The van der Waals surface area contributed by atoms with Crippen LogP contribution in [0, 0.1) is 16.6 Å². The number of aromatic nitrogens is 3. The minimum absolute atomic E-state index is 0.177. The highest BCUT2D eigenvalue weighted by Gasteiger charge is 2.21. The maximum atomic E-state index is 13.2. The van der Waals surface area contributed by atoms with Crippen molar-refractivity contribution in [3.05, 3.63) is 69.2 Å². The van der Waals surface area contributed by atoms with Crippen LogP contribution in [-0.4, -0.2) is 32.8 Å². The van der Waals surface area contributed by atoms with Crippen LogP contribution >= 0.6 is 22.6 Å². The van der Waals surface area contributed by atoms with Crippen molar-refractivity contribution in [3.63, 3.8) is 0 Å². The molecule has 0 bridgehead atoms. The molecule has 1 aromatic carbocycles. The van der Waals surface area contributed by atoms with Gasteiger partial charge in [0.2, 0.25) is 0 Å². The summed E-state index contributed by atoms with van der Waals surface area (Å²) >= 11 is 2.02. The molecule has 3 rings (SSSR count). The number of benzene rings is 1. The summed E-state index contributed by atoms with van der Waals surface area (Å²) in [5, 5.41) is 0. The largest absolute Gasteiger partial charge is 0.336 e. The molecule has 3 aromatic rings. The van der Waals surface area contributed by atoms with Gasteiger partial charge in [-0.05, 0) is 71.5 Å². The standard InChI is InChI=1S/C18H16FIN4O/c1-11-9-12(7-8-21-11)10-24(2)17(25)16-15(22-18(20)23-16)13-3-5-14(19)6-4-13/h3-9H,10H2,1-2H3,(H,22,23). The Morgan fingerprint density at radius 2 is 2.00 bits per heavy atom. The number of hydrogen-bond donors (Lipinski definition) is 1. The zero-order valence-electron chi connectivity index (χ0n) is 13.8. The molecule has 0 spiro atoms. The second-order valence-corrected chi connectivity index (χ2v) is 6.75. The topological polar surface area (TPSA) is 61.9 Å². The molecule has 0 unspecified atom stereocenters. The van der Waals surface area contributed by atoms with Crippen LogP contribution in [0.3, 0.4) is 0 Å². The molecule has 0 aliphatic rings. The minimum Gasteiger partial charge on any atom is -0.336 e. The molecule has 0 aliphatic carbocycles. The van der Waals surface area contributed by atoms with Crippen LogP contribution in [0.4, 0.5) is 4.39 Å². The molecule has 0 atom stereocenters. The normalized spacial score (nSPS) is 10.7. The quantitative estimate of drug-likeness (QED) is 0.616. The number of rotatable bonds is 4. The van der Waals surface area contributed by atoms with Gasteiger partial charge in [-0.3, -0.25) is 9.78 Å². The number of pyridine rings is 1. The number of amides is 1. The van der Waals surface area contributed by atoms with E-state index in [4.69, 9.17) is 0 Å². The maximum absolute atomic E-state index is 13.2. The number of nitrogens with one attached hydrogen (secondary N) is 1. The number of carbonyl (C=O) groups is 1. The van der Waals surface area contributed by atoms with Crippen molar-refractivity contribution < 1.29 is 9.18 Å². The molecule has 0 saturated carbocycles. The summed E-state index contributed by atoms with van der Waals surface area (Å²) in [6.45, 7) is 2.37. The molecule has 2 aromatic heterocycles. The van der Waals surface area contributed by atoms with E-state index in [1.54, 1.807) is 30.3 Å². The smallest absolute Gasteiger partial charge is 0.272 e. The van der Waals surface area contributed by atoms with Crippen molar-refractivity contribution in [2.45, 2.75) is 13.5 Å². The van der Waals surface area contributed by atoms with E-state index in [2.05, 4.69) is 15.0 Å². The average molecular weight is 450 g/mol. The lowest BCUT2D eigenvalue weighted by atomic mass is 10.1. The van der Waals surface area contributed by atoms with Gasteiger partial charge in [0, 0.05) is 31.0 Å². The van der Waals surface area contributed by atoms with Crippen LogP contribution < -0.4 is 0 Å². The molecule has 5 nitrogen and oxygen atoms in total. The number of carbonyl (C=O) groups excluding carboxylic acids is 1. The highest BCUT2D eigenvalue weighted by atomic mass is 127.